The Balaban J connectivity index is 5.37. The van der Waals surface area contributed by atoms with Gasteiger partial charge in [-0.05, 0) is 40.3 Å². The fourth-order valence-electron chi connectivity index (χ4n) is 2.64. The summed E-state index contributed by atoms with van der Waals surface area (Å²) >= 11 is 0. The third kappa shape index (κ3) is 3.20. The van der Waals surface area contributed by atoms with Crippen LogP contribution in [0.1, 0.15) is 41.5 Å². The average Bonchev–Trinajstić information content (AvgIpc) is 2.16. The Labute approximate surface area is 102 Å². The molecule has 1 heteroatoms. The minimum Gasteiger partial charge on any atom is -0.116 e. The summed E-state index contributed by atoms with van der Waals surface area (Å²) in [6.07, 6.45) is 5.08. The van der Waals surface area contributed by atoms with Gasteiger partial charge in [0.15, 0.2) is 0 Å². The minimum absolute atomic E-state index is 0.646. The van der Waals surface area contributed by atoms with Gasteiger partial charge in [0, 0.05) is 0 Å². The Hall–Kier alpha value is -1.10. The Morgan fingerprint density at radius 2 is 1.19 bits per heavy atom. The van der Waals surface area contributed by atoms with Crippen LogP contribution in [-0.4, -0.2) is 8.07 Å². The standard InChI is InChI=1S/C15H22Si/c1-8-9-10-11-12-16(13(2)3,14(4)5)15(6)7/h1,13-15H,2-7H3. The van der Waals surface area contributed by atoms with Crippen LogP contribution in [0.15, 0.2) is 0 Å². The molecule has 0 saturated carbocycles. The molecular weight excluding hydrogens is 208 g/mol. The lowest BCUT2D eigenvalue weighted by Crippen LogP contribution is -2.43. The Kier molecular flexibility index (Phi) is 6.03. The molecule has 0 bridgehead atoms. The molecule has 16 heavy (non-hydrogen) atoms. The van der Waals surface area contributed by atoms with E-state index in [2.05, 4.69) is 70.8 Å². The van der Waals surface area contributed by atoms with Crippen molar-refractivity contribution >= 4 is 8.07 Å². The Bertz CT molecular complexity index is 350. The second kappa shape index (κ2) is 6.47. The highest BCUT2D eigenvalue weighted by Gasteiger charge is 2.41. The van der Waals surface area contributed by atoms with Crippen molar-refractivity contribution in [2.45, 2.75) is 58.2 Å². The number of hydrogen-bond acceptors (Lipinski definition) is 0. The summed E-state index contributed by atoms with van der Waals surface area (Å²) in [7, 11) is -1.61. The smallest absolute Gasteiger partial charge is 0.116 e. The lowest BCUT2D eigenvalue weighted by Gasteiger charge is -2.37. The van der Waals surface area contributed by atoms with Gasteiger partial charge >= 0.3 is 0 Å². The summed E-state index contributed by atoms with van der Waals surface area (Å²) < 4.78 is 0. The quantitative estimate of drug-likeness (QED) is 0.510. The highest BCUT2D eigenvalue weighted by molar-refractivity contribution is 6.90. The van der Waals surface area contributed by atoms with Gasteiger partial charge in [-0.15, -0.1) is 12.0 Å². The largest absolute Gasteiger partial charge is 0.147 e. The molecule has 0 spiro atoms. The monoisotopic (exact) mass is 230 g/mol. The third-order valence-electron chi connectivity index (χ3n) is 3.34. The second-order valence-electron chi connectivity index (χ2n) is 5.04. The van der Waals surface area contributed by atoms with Crippen LogP contribution in [0.25, 0.3) is 0 Å². The molecule has 0 rings (SSSR count). The van der Waals surface area contributed by atoms with Crippen LogP contribution >= 0.6 is 0 Å². The van der Waals surface area contributed by atoms with E-state index in [4.69, 9.17) is 6.42 Å². The first-order chi connectivity index (χ1) is 7.39. The summed E-state index contributed by atoms with van der Waals surface area (Å²) in [5.74, 6) is 10.6. The highest BCUT2D eigenvalue weighted by atomic mass is 28.3. The van der Waals surface area contributed by atoms with Gasteiger partial charge in [-0.3, -0.25) is 0 Å². The summed E-state index contributed by atoms with van der Waals surface area (Å²) in [6.45, 7) is 13.7. The van der Waals surface area contributed by atoms with E-state index in [1.54, 1.807) is 0 Å². The van der Waals surface area contributed by atoms with Crippen molar-refractivity contribution in [3.05, 3.63) is 0 Å². The van der Waals surface area contributed by atoms with E-state index in [1.165, 1.54) is 0 Å². The summed E-state index contributed by atoms with van der Waals surface area (Å²) in [4.78, 5) is 0. The molecular formula is C15H22Si. The number of terminal acetylenes is 1. The van der Waals surface area contributed by atoms with E-state index in [1.807, 2.05) is 0 Å². The molecule has 0 unspecified atom stereocenters. The third-order valence-corrected chi connectivity index (χ3v) is 9.63. The zero-order valence-corrected chi connectivity index (χ0v) is 12.3. The van der Waals surface area contributed by atoms with Gasteiger partial charge in [0.25, 0.3) is 0 Å². The van der Waals surface area contributed by atoms with Gasteiger partial charge in [-0.1, -0.05) is 41.5 Å². The predicted octanol–water partition coefficient (Wildman–Crippen LogP) is 3.84. The number of hydrogen-bond donors (Lipinski definition) is 0. The van der Waals surface area contributed by atoms with Gasteiger partial charge in [-0.25, -0.2) is 0 Å². The lowest BCUT2D eigenvalue weighted by molar-refractivity contribution is 0.838. The maximum atomic E-state index is 5.08. The summed E-state index contributed by atoms with van der Waals surface area (Å²) in [5.41, 5.74) is 5.42. The highest BCUT2D eigenvalue weighted by Crippen LogP contribution is 2.40. The predicted molar refractivity (Wildman–Crippen MR) is 75.4 cm³/mol. The van der Waals surface area contributed by atoms with Crippen LogP contribution in [-0.2, 0) is 0 Å². The van der Waals surface area contributed by atoms with Crippen molar-refractivity contribution in [1.82, 2.24) is 0 Å². The first kappa shape index (κ1) is 14.9. The molecule has 0 N–H and O–H groups in total. The molecule has 0 saturated heterocycles. The van der Waals surface area contributed by atoms with E-state index >= 15 is 0 Å². The average molecular weight is 230 g/mol. The molecule has 0 aliphatic carbocycles. The normalized spacial score (nSPS) is 10.5. The van der Waals surface area contributed by atoms with Crippen molar-refractivity contribution in [3.8, 4) is 35.6 Å². The SMILES string of the molecule is C#CC#CC#C[Si](C(C)C)(C(C)C)C(C)C. The van der Waals surface area contributed by atoms with Crippen molar-refractivity contribution in [3.63, 3.8) is 0 Å². The van der Waals surface area contributed by atoms with Crippen molar-refractivity contribution in [1.29, 1.82) is 0 Å². The summed E-state index contributed by atoms with van der Waals surface area (Å²) in [5, 5.41) is 0. The van der Waals surface area contributed by atoms with Crippen molar-refractivity contribution in [2.24, 2.45) is 0 Å². The van der Waals surface area contributed by atoms with Crippen LogP contribution < -0.4 is 0 Å². The molecule has 0 aromatic heterocycles. The Morgan fingerprint density at radius 1 is 0.750 bits per heavy atom. The van der Waals surface area contributed by atoms with Gasteiger partial charge in [-0.2, -0.15) is 0 Å². The fraction of sp³-hybridized carbons (Fsp3) is 0.600. The lowest BCUT2D eigenvalue weighted by atomic mass is 10.5. The van der Waals surface area contributed by atoms with Crippen molar-refractivity contribution < 1.29 is 0 Å². The maximum Gasteiger partial charge on any atom is 0.147 e. The molecule has 0 radical (unpaired) electrons. The Morgan fingerprint density at radius 3 is 1.50 bits per heavy atom. The van der Waals surface area contributed by atoms with Crippen LogP contribution in [0.5, 0.6) is 0 Å². The molecule has 86 valence electrons. The van der Waals surface area contributed by atoms with E-state index in [0.29, 0.717) is 16.6 Å². The number of rotatable bonds is 3. The molecule has 0 aliphatic heterocycles. The molecule has 0 aromatic rings. The van der Waals surface area contributed by atoms with Crippen LogP contribution in [0.2, 0.25) is 16.6 Å². The molecule has 0 amide bonds. The minimum atomic E-state index is -1.61. The van der Waals surface area contributed by atoms with Crippen molar-refractivity contribution in [2.75, 3.05) is 0 Å². The second-order valence-corrected chi connectivity index (χ2v) is 10.6. The van der Waals surface area contributed by atoms with Crippen LogP contribution in [0.4, 0.5) is 0 Å². The van der Waals surface area contributed by atoms with E-state index in [9.17, 15) is 0 Å². The van der Waals surface area contributed by atoms with E-state index in [0.717, 1.165) is 0 Å². The van der Waals surface area contributed by atoms with E-state index in [-0.39, 0.29) is 0 Å². The maximum absolute atomic E-state index is 5.08. The van der Waals surface area contributed by atoms with Gasteiger partial charge < -0.3 is 0 Å². The molecule has 0 heterocycles. The molecule has 0 fully saturated rings. The van der Waals surface area contributed by atoms with E-state index < -0.39 is 8.07 Å². The van der Waals surface area contributed by atoms with Crippen LogP contribution in [0, 0.1) is 35.6 Å². The van der Waals surface area contributed by atoms with Gasteiger partial charge in [0.1, 0.15) is 8.07 Å². The molecule has 0 aromatic carbocycles. The first-order valence-corrected chi connectivity index (χ1v) is 8.10. The molecule has 0 atom stereocenters. The summed E-state index contributed by atoms with van der Waals surface area (Å²) in [6, 6.07) is 0. The van der Waals surface area contributed by atoms with Crippen LogP contribution in [0.3, 0.4) is 0 Å². The van der Waals surface area contributed by atoms with Gasteiger partial charge in [0.2, 0.25) is 0 Å². The molecule has 0 nitrogen and oxygen atoms in total. The topological polar surface area (TPSA) is 0 Å². The zero-order valence-electron chi connectivity index (χ0n) is 11.3. The first-order valence-electron chi connectivity index (χ1n) is 5.87. The molecule has 0 aliphatic rings. The van der Waals surface area contributed by atoms with Gasteiger partial charge in [0.05, 0.1) is 0 Å². The zero-order chi connectivity index (χ0) is 12.8. The fourth-order valence-corrected chi connectivity index (χ4v) is 7.78.